The van der Waals surface area contributed by atoms with Crippen LogP contribution in [0.1, 0.15) is 64.7 Å². The van der Waals surface area contributed by atoms with Gasteiger partial charge in [-0.15, -0.1) is 0 Å². The molecule has 0 N–H and O–H groups in total. The van der Waals surface area contributed by atoms with Crippen LogP contribution in [0, 0.1) is 0 Å². The zero-order valence-electron chi connectivity index (χ0n) is 10.3. The van der Waals surface area contributed by atoms with Gasteiger partial charge in [-0.1, -0.05) is 57.9 Å². The van der Waals surface area contributed by atoms with E-state index in [1.165, 1.54) is 51.4 Å². The number of hydrogen-bond acceptors (Lipinski definition) is 1. The molecule has 0 bridgehead atoms. The fourth-order valence-electron chi connectivity index (χ4n) is 1.60. The quantitative estimate of drug-likeness (QED) is 0.508. The van der Waals surface area contributed by atoms with Crippen LogP contribution in [0.2, 0.25) is 0 Å². The molecule has 0 fully saturated rings. The molecule has 0 aliphatic heterocycles. The lowest BCUT2D eigenvalue weighted by Crippen LogP contribution is -1.80. The van der Waals surface area contributed by atoms with Crippen LogP contribution in [0.3, 0.4) is 0 Å². The standard InChI is InChI=1S/C13H26OS/c1-3-4-5-6-7-8-9-10-11-12-13-15(2)14/h12-13H,3-11H2,1-2H3. The summed E-state index contributed by atoms with van der Waals surface area (Å²) >= 11 is 0. The fourth-order valence-corrected chi connectivity index (χ4v) is 2.01. The van der Waals surface area contributed by atoms with Crippen LogP contribution >= 0.6 is 0 Å². The molecule has 0 amide bonds. The minimum atomic E-state index is -0.759. The molecular formula is C13H26OS. The Morgan fingerprint density at radius 2 is 1.47 bits per heavy atom. The van der Waals surface area contributed by atoms with Gasteiger partial charge in [0.1, 0.15) is 0 Å². The highest BCUT2D eigenvalue weighted by Gasteiger charge is 1.90. The Labute approximate surface area is 97.8 Å². The molecule has 0 aliphatic rings. The largest absolute Gasteiger partial charge is 0.255 e. The summed E-state index contributed by atoms with van der Waals surface area (Å²) in [6, 6.07) is 0. The lowest BCUT2D eigenvalue weighted by Gasteiger charge is -1.99. The first kappa shape index (κ1) is 14.9. The van der Waals surface area contributed by atoms with Crippen molar-refractivity contribution < 1.29 is 4.21 Å². The third kappa shape index (κ3) is 13.9. The summed E-state index contributed by atoms with van der Waals surface area (Å²) in [5.41, 5.74) is 0. The summed E-state index contributed by atoms with van der Waals surface area (Å²) in [7, 11) is -0.759. The Hall–Kier alpha value is -0.110. The van der Waals surface area contributed by atoms with Crippen molar-refractivity contribution >= 4 is 10.8 Å². The topological polar surface area (TPSA) is 17.1 Å². The highest BCUT2D eigenvalue weighted by molar-refractivity contribution is 7.87. The maximum absolute atomic E-state index is 10.7. The summed E-state index contributed by atoms with van der Waals surface area (Å²) < 4.78 is 10.7. The Kier molecular flexibility index (Phi) is 11.9. The van der Waals surface area contributed by atoms with Gasteiger partial charge in [0.05, 0.1) is 0 Å². The van der Waals surface area contributed by atoms with Gasteiger partial charge >= 0.3 is 0 Å². The Morgan fingerprint density at radius 3 is 2.00 bits per heavy atom. The number of rotatable bonds is 10. The summed E-state index contributed by atoms with van der Waals surface area (Å²) in [5.74, 6) is 0. The van der Waals surface area contributed by atoms with Crippen LogP contribution in [0.25, 0.3) is 0 Å². The third-order valence-electron chi connectivity index (χ3n) is 2.51. The van der Waals surface area contributed by atoms with Crippen LogP contribution in [-0.2, 0) is 10.8 Å². The molecule has 0 radical (unpaired) electrons. The van der Waals surface area contributed by atoms with E-state index in [2.05, 4.69) is 6.92 Å². The molecule has 0 aromatic rings. The van der Waals surface area contributed by atoms with Crippen molar-refractivity contribution in [1.82, 2.24) is 0 Å². The second kappa shape index (κ2) is 12.0. The molecule has 0 aromatic carbocycles. The first-order valence-corrected chi connectivity index (χ1v) is 7.88. The summed E-state index contributed by atoms with van der Waals surface area (Å²) in [6.07, 6.45) is 15.7. The molecule has 0 saturated carbocycles. The van der Waals surface area contributed by atoms with Gasteiger partial charge in [0.15, 0.2) is 0 Å². The van der Waals surface area contributed by atoms with Gasteiger partial charge in [0.25, 0.3) is 0 Å². The average Bonchev–Trinajstić information content (AvgIpc) is 2.20. The lowest BCUT2D eigenvalue weighted by molar-refractivity contribution is 0.577. The van der Waals surface area contributed by atoms with Crippen LogP contribution in [0.5, 0.6) is 0 Å². The maximum atomic E-state index is 10.7. The van der Waals surface area contributed by atoms with E-state index in [0.29, 0.717) is 0 Å². The van der Waals surface area contributed by atoms with Gasteiger partial charge in [-0.25, -0.2) is 0 Å². The molecule has 0 heterocycles. The van der Waals surface area contributed by atoms with Crippen LogP contribution in [-0.4, -0.2) is 10.5 Å². The van der Waals surface area contributed by atoms with Crippen molar-refractivity contribution in [3.8, 4) is 0 Å². The van der Waals surface area contributed by atoms with Crippen molar-refractivity contribution in [2.24, 2.45) is 0 Å². The smallest absolute Gasteiger partial charge is 0.0421 e. The number of allylic oxidation sites excluding steroid dienone is 1. The summed E-state index contributed by atoms with van der Waals surface area (Å²) in [6.45, 7) is 2.25. The van der Waals surface area contributed by atoms with Crippen LogP contribution in [0.15, 0.2) is 11.5 Å². The van der Waals surface area contributed by atoms with Crippen molar-refractivity contribution in [1.29, 1.82) is 0 Å². The molecule has 0 saturated heterocycles. The minimum absolute atomic E-state index is 0.759. The zero-order valence-corrected chi connectivity index (χ0v) is 11.2. The van der Waals surface area contributed by atoms with Crippen LogP contribution in [0.4, 0.5) is 0 Å². The second-order valence-corrected chi connectivity index (χ2v) is 5.40. The van der Waals surface area contributed by atoms with Crippen molar-refractivity contribution in [3.63, 3.8) is 0 Å². The zero-order chi connectivity index (χ0) is 11.4. The van der Waals surface area contributed by atoms with E-state index < -0.39 is 10.8 Å². The fraction of sp³-hybridized carbons (Fsp3) is 0.846. The number of hydrogen-bond donors (Lipinski definition) is 0. The molecule has 1 atom stereocenters. The van der Waals surface area contributed by atoms with Crippen molar-refractivity contribution in [3.05, 3.63) is 11.5 Å². The molecule has 0 aliphatic carbocycles. The van der Waals surface area contributed by atoms with Gasteiger partial charge in [-0.2, -0.15) is 0 Å². The predicted octanol–water partition coefficient (Wildman–Crippen LogP) is 4.41. The SMILES string of the molecule is CCCCCCCCCCC=CS(C)=O. The van der Waals surface area contributed by atoms with E-state index in [1.807, 2.05) is 6.08 Å². The monoisotopic (exact) mass is 230 g/mol. The molecule has 1 unspecified atom stereocenters. The van der Waals surface area contributed by atoms with Gasteiger partial charge in [0.2, 0.25) is 0 Å². The van der Waals surface area contributed by atoms with Gasteiger partial charge in [-0.05, 0) is 18.2 Å². The molecule has 15 heavy (non-hydrogen) atoms. The predicted molar refractivity (Wildman–Crippen MR) is 70.4 cm³/mol. The Morgan fingerprint density at radius 1 is 0.933 bits per heavy atom. The highest BCUT2D eigenvalue weighted by Crippen LogP contribution is 2.09. The van der Waals surface area contributed by atoms with E-state index >= 15 is 0 Å². The second-order valence-electron chi connectivity index (χ2n) is 4.13. The molecule has 0 spiro atoms. The molecule has 0 rings (SSSR count). The van der Waals surface area contributed by atoms with E-state index in [1.54, 1.807) is 11.7 Å². The van der Waals surface area contributed by atoms with Gasteiger partial charge in [-0.3, -0.25) is 4.21 Å². The first-order valence-electron chi connectivity index (χ1n) is 6.26. The normalized spacial score (nSPS) is 13.5. The summed E-state index contributed by atoms with van der Waals surface area (Å²) in [5, 5.41) is 1.79. The lowest BCUT2D eigenvalue weighted by atomic mass is 10.1. The molecule has 0 aromatic heterocycles. The highest BCUT2D eigenvalue weighted by atomic mass is 32.2. The van der Waals surface area contributed by atoms with E-state index in [9.17, 15) is 4.21 Å². The number of unbranched alkanes of at least 4 members (excludes halogenated alkanes) is 8. The van der Waals surface area contributed by atoms with E-state index in [0.717, 1.165) is 6.42 Å². The van der Waals surface area contributed by atoms with Crippen molar-refractivity contribution in [2.45, 2.75) is 64.7 Å². The molecule has 2 heteroatoms. The van der Waals surface area contributed by atoms with Crippen LogP contribution < -0.4 is 0 Å². The van der Waals surface area contributed by atoms with Gasteiger partial charge < -0.3 is 0 Å². The third-order valence-corrected chi connectivity index (χ3v) is 3.09. The van der Waals surface area contributed by atoms with Gasteiger partial charge in [0, 0.05) is 17.1 Å². The Bertz CT molecular complexity index is 175. The average molecular weight is 230 g/mol. The molecule has 1 nitrogen and oxygen atoms in total. The molecule has 90 valence electrons. The van der Waals surface area contributed by atoms with E-state index in [-0.39, 0.29) is 0 Å². The Balaban J connectivity index is 3.02. The minimum Gasteiger partial charge on any atom is -0.255 e. The molecular weight excluding hydrogens is 204 g/mol. The maximum Gasteiger partial charge on any atom is 0.0421 e. The first-order chi connectivity index (χ1) is 7.27. The van der Waals surface area contributed by atoms with E-state index in [4.69, 9.17) is 0 Å². The van der Waals surface area contributed by atoms with Crippen molar-refractivity contribution in [2.75, 3.05) is 6.26 Å². The summed E-state index contributed by atoms with van der Waals surface area (Å²) in [4.78, 5) is 0.